The largest absolute Gasteiger partial charge is 0.497 e. The number of rotatable bonds is 7. The van der Waals surface area contributed by atoms with Crippen molar-refractivity contribution in [2.24, 2.45) is 0 Å². The summed E-state index contributed by atoms with van der Waals surface area (Å²) in [6.45, 7) is 0.185. The van der Waals surface area contributed by atoms with E-state index in [4.69, 9.17) is 4.74 Å². The molecule has 2 fully saturated rings. The second-order valence-electron chi connectivity index (χ2n) is 7.12. The van der Waals surface area contributed by atoms with Crippen LogP contribution in [-0.4, -0.2) is 48.9 Å². The third-order valence-corrected chi connectivity index (χ3v) is 5.22. The molecular formula is C21H23N5O4. The molecule has 0 bridgehead atoms. The van der Waals surface area contributed by atoms with Gasteiger partial charge in [-0.15, -0.1) is 0 Å². The lowest BCUT2D eigenvalue weighted by atomic mass is 9.98. The summed E-state index contributed by atoms with van der Waals surface area (Å²) in [5.41, 5.74) is 1.86. The summed E-state index contributed by atoms with van der Waals surface area (Å²) in [5.74, 6) is 0.534. The van der Waals surface area contributed by atoms with Crippen molar-refractivity contribution < 1.29 is 19.1 Å². The number of hydrogen-bond donors (Lipinski definition) is 4. The quantitative estimate of drug-likeness (QED) is 0.552. The van der Waals surface area contributed by atoms with Gasteiger partial charge in [-0.3, -0.25) is 9.69 Å². The van der Waals surface area contributed by atoms with Gasteiger partial charge in [-0.1, -0.05) is 42.5 Å². The van der Waals surface area contributed by atoms with Crippen molar-refractivity contribution in [3.63, 3.8) is 0 Å². The van der Waals surface area contributed by atoms with Crippen molar-refractivity contribution in [3.8, 4) is 5.75 Å². The molecule has 2 saturated heterocycles. The zero-order valence-electron chi connectivity index (χ0n) is 16.4. The zero-order valence-corrected chi connectivity index (χ0v) is 16.4. The predicted octanol–water partition coefficient (Wildman–Crippen LogP) is 1.28. The summed E-state index contributed by atoms with van der Waals surface area (Å²) in [6.07, 6.45) is -0.875. The molecule has 9 nitrogen and oxygen atoms in total. The summed E-state index contributed by atoms with van der Waals surface area (Å²) < 4.78 is 5.22. The van der Waals surface area contributed by atoms with Gasteiger partial charge in [0.2, 0.25) is 5.91 Å². The van der Waals surface area contributed by atoms with Gasteiger partial charge in [-0.2, -0.15) is 0 Å². The fourth-order valence-electron chi connectivity index (χ4n) is 3.69. The van der Waals surface area contributed by atoms with Crippen LogP contribution in [0.25, 0.3) is 0 Å². The summed E-state index contributed by atoms with van der Waals surface area (Å²) in [5, 5.41) is 11.0. The smallest absolute Gasteiger partial charge is 0.320 e. The molecule has 5 amide bonds. The molecule has 9 heteroatoms. The molecule has 30 heavy (non-hydrogen) atoms. The summed E-state index contributed by atoms with van der Waals surface area (Å²) in [4.78, 5) is 37.8. The average Bonchev–Trinajstić information content (AvgIpc) is 3.25. The van der Waals surface area contributed by atoms with Gasteiger partial charge in [-0.25, -0.2) is 9.59 Å². The Morgan fingerprint density at radius 1 is 1.03 bits per heavy atom. The minimum atomic E-state index is -0.496. The number of hydrogen-bond acceptors (Lipinski definition) is 4. The highest BCUT2D eigenvalue weighted by atomic mass is 16.5. The summed E-state index contributed by atoms with van der Waals surface area (Å²) >= 11 is 0. The molecule has 0 spiro atoms. The highest BCUT2D eigenvalue weighted by Gasteiger charge is 2.45. The second kappa shape index (κ2) is 8.32. The normalized spacial score (nSPS) is 20.6. The van der Waals surface area contributed by atoms with E-state index in [9.17, 15) is 14.4 Å². The number of nitrogens with one attached hydrogen (secondary N) is 4. The molecule has 2 aromatic carbocycles. The monoisotopic (exact) mass is 409 g/mol. The van der Waals surface area contributed by atoms with E-state index in [1.54, 1.807) is 7.11 Å². The molecule has 0 unspecified atom stereocenters. The third kappa shape index (κ3) is 4.00. The van der Waals surface area contributed by atoms with Crippen molar-refractivity contribution >= 4 is 18.0 Å². The number of urea groups is 2. The van der Waals surface area contributed by atoms with E-state index < -0.39 is 12.3 Å². The van der Waals surface area contributed by atoms with E-state index in [1.165, 1.54) is 4.90 Å². The Labute approximate surface area is 173 Å². The van der Waals surface area contributed by atoms with Crippen molar-refractivity contribution in [2.45, 2.75) is 24.8 Å². The van der Waals surface area contributed by atoms with E-state index in [1.807, 2.05) is 54.6 Å². The van der Waals surface area contributed by atoms with Gasteiger partial charge >= 0.3 is 12.1 Å². The standard InChI is InChI=1S/C21H23N5O4/c1-30-15-9-7-14(8-10-15)17(13-5-3-2-4-6-13)22-16(27)11-12-26-19-18(24-21(26)29)23-20(28)25-19/h2-10,17-19H,11-12H2,1H3,(H,22,27)(H,24,29)(H2,23,25,28)/t17-,18-,19-/m1/s1. The number of ether oxygens (including phenoxy) is 1. The van der Waals surface area contributed by atoms with Crippen LogP contribution in [0.1, 0.15) is 23.6 Å². The van der Waals surface area contributed by atoms with Gasteiger partial charge in [0, 0.05) is 13.0 Å². The Kier molecular flexibility index (Phi) is 5.42. The lowest BCUT2D eigenvalue weighted by molar-refractivity contribution is -0.121. The predicted molar refractivity (Wildman–Crippen MR) is 109 cm³/mol. The lowest BCUT2D eigenvalue weighted by Crippen LogP contribution is -2.45. The average molecular weight is 409 g/mol. The van der Waals surface area contributed by atoms with Gasteiger partial charge in [-0.05, 0) is 23.3 Å². The van der Waals surface area contributed by atoms with Crippen LogP contribution < -0.4 is 26.0 Å². The minimum Gasteiger partial charge on any atom is -0.497 e. The maximum absolute atomic E-state index is 12.7. The van der Waals surface area contributed by atoms with Crippen molar-refractivity contribution in [3.05, 3.63) is 65.7 Å². The van der Waals surface area contributed by atoms with Crippen LogP contribution in [-0.2, 0) is 4.79 Å². The SMILES string of the molecule is COc1ccc([C@H](NC(=O)CCN2C(=O)N[C@H]3NC(=O)N[C@@H]32)c2ccccc2)cc1. The highest BCUT2D eigenvalue weighted by Crippen LogP contribution is 2.24. The maximum Gasteiger partial charge on any atom is 0.320 e. The van der Waals surface area contributed by atoms with E-state index in [0.29, 0.717) is 0 Å². The lowest BCUT2D eigenvalue weighted by Gasteiger charge is -2.23. The Morgan fingerprint density at radius 3 is 2.43 bits per heavy atom. The minimum absolute atomic E-state index is 0.103. The first-order valence-electron chi connectivity index (χ1n) is 9.67. The molecule has 2 aliphatic rings. The molecule has 0 aromatic heterocycles. The molecular weight excluding hydrogens is 386 g/mol. The van der Waals surface area contributed by atoms with Crippen LogP contribution in [0.2, 0.25) is 0 Å². The van der Waals surface area contributed by atoms with E-state index >= 15 is 0 Å². The summed E-state index contributed by atoms with van der Waals surface area (Å²) in [7, 11) is 1.60. The van der Waals surface area contributed by atoms with Gasteiger partial charge in [0.05, 0.1) is 13.2 Å². The molecule has 2 aliphatic heterocycles. The fourth-order valence-corrected chi connectivity index (χ4v) is 3.69. The molecule has 0 radical (unpaired) electrons. The number of carbonyl (C=O) groups is 3. The Morgan fingerprint density at radius 2 is 1.73 bits per heavy atom. The molecule has 2 aromatic rings. The van der Waals surface area contributed by atoms with Crippen LogP contribution in [0, 0.1) is 0 Å². The molecule has 3 atom stereocenters. The van der Waals surface area contributed by atoms with Crippen LogP contribution in [0.5, 0.6) is 5.75 Å². The van der Waals surface area contributed by atoms with Gasteiger partial charge < -0.3 is 26.0 Å². The first-order chi connectivity index (χ1) is 14.5. The maximum atomic E-state index is 12.7. The summed E-state index contributed by atoms with van der Waals surface area (Å²) in [6, 6.07) is 16.2. The molecule has 0 saturated carbocycles. The van der Waals surface area contributed by atoms with Gasteiger partial charge in [0.25, 0.3) is 0 Å². The molecule has 4 N–H and O–H groups in total. The third-order valence-electron chi connectivity index (χ3n) is 5.22. The van der Waals surface area contributed by atoms with Crippen LogP contribution in [0.3, 0.4) is 0 Å². The second-order valence-corrected chi connectivity index (χ2v) is 7.12. The number of benzene rings is 2. The topological polar surface area (TPSA) is 112 Å². The van der Waals surface area contributed by atoms with E-state index in [-0.39, 0.29) is 37.0 Å². The van der Waals surface area contributed by atoms with Gasteiger partial charge in [0.15, 0.2) is 0 Å². The number of fused-ring (bicyclic) bond motifs is 1. The molecule has 0 aliphatic carbocycles. The van der Waals surface area contributed by atoms with Crippen molar-refractivity contribution in [1.82, 2.24) is 26.2 Å². The molecule has 4 rings (SSSR count). The number of nitrogens with zero attached hydrogens (tertiary/aromatic N) is 1. The number of methoxy groups -OCH3 is 1. The van der Waals surface area contributed by atoms with Gasteiger partial charge in [0.1, 0.15) is 18.1 Å². The number of carbonyl (C=O) groups excluding carboxylic acids is 3. The van der Waals surface area contributed by atoms with Crippen LogP contribution in [0.15, 0.2) is 54.6 Å². The van der Waals surface area contributed by atoms with E-state index in [0.717, 1.165) is 16.9 Å². The molecule has 156 valence electrons. The van der Waals surface area contributed by atoms with Crippen molar-refractivity contribution in [2.75, 3.05) is 13.7 Å². The van der Waals surface area contributed by atoms with E-state index in [2.05, 4.69) is 21.3 Å². The first-order valence-corrected chi connectivity index (χ1v) is 9.67. The Hall–Kier alpha value is -3.75. The Balaban J connectivity index is 1.44. The first kappa shape index (κ1) is 19.6. The zero-order chi connectivity index (χ0) is 21.1. The van der Waals surface area contributed by atoms with Crippen molar-refractivity contribution in [1.29, 1.82) is 0 Å². The number of amides is 5. The molecule has 2 heterocycles. The Bertz CT molecular complexity index is 934. The fraction of sp³-hybridized carbons (Fsp3) is 0.286. The van der Waals surface area contributed by atoms with Crippen LogP contribution >= 0.6 is 0 Å². The highest BCUT2D eigenvalue weighted by molar-refractivity contribution is 5.85. The van der Waals surface area contributed by atoms with Crippen LogP contribution in [0.4, 0.5) is 9.59 Å².